The van der Waals surface area contributed by atoms with Gasteiger partial charge in [0.1, 0.15) is 37.5 Å². The van der Waals surface area contributed by atoms with Gasteiger partial charge in [-0.1, -0.05) is 84.9 Å². The summed E-state index contributed by atoms with van der Waals surface area (Å²) in [5, 5.41) is 2.35. The molecule has 2 aliphatic heterocycles. The van der Waals surface area contributed by atoms with Crippen LogP contribution in [-0.4, -0.2) is 37.6 Å². The van der Waals surface area contributed by atoms with Crippen molar-refractivity contribution < 1.29 is 19.5 Å². The lowest BCUT2D eigenvalue weighted by atomic mass is 10.0. The molecule has 0 unspecified atom stereocenters. The number of nitrogens with two attached hydrogens (primary N) is 1. The monoisotopic (exact) mass is 402 g/mol. The number of hydrogen-bond acceptors (Lipinski definition) is 3. The summed E-state index contributed by atoms with van der Waals surface area (Å²) in [6, 6.07) is 29.9. The zero-order valence-electron chi connectivity index (χ0n) is 17.0. The third kappa shape index (κ3) is 4.32. The maximum absolute atomic E-state index is 6.11. The standard InChI is InChI=1S/C26H27NO3/c1-3-7-20(8-4-1)16-28-24-18-30-25-23(17-29-26(24)25)27-15-19-11-13-22(14-12-19)21-9-5-2-6-10-21/h1-14,23-27H,15-18H2/p+1/t23-,24+,25+,26+/m0/s1. The van der Waals surface area contributed by atoms with E-state index in [-0.39, 0.29) is 18.3 Å². The third-order valence-electron chi connectivity index (χ3n) is 6.07. The van der Waals surface area contributed by atoms with Crippen molar-refractivity contribution >= 4 is 0 Å². The second kappa shape index (κ2) is 9.11. The quantitative estimate of drug-likeness (QED) is 0.660. The van der Waals surface area contributed by atoms with E-state index in [0.717, 1.165) is 6.54 Å². The summed E-state index contributed by atoms with van der Waals surface area (Å²) in [5.74, 6) is 0. The Kier molecular flexibility index (Phi) is 5.91. The van der Waals surface area contributed by atoms with Crippen molar-refractivity contribution in [1.29, 1.82) is 0 Å². The maximum Gasteiger partial charge on any atom is 0.140 e. The zero-order chi connectivity index (χ0) is 20.2. The van der Waals surface area contributed by atoms with Crippen LogP contribution in [0.3, 0.4) is 0 Å². The summed E-state index contributed by atoms with van der Waals surface area (Å²) in [4.78, 5) is 0. The molecule has 0 bridgehead atoms. The first-order chi connectivity index (χ1) is 14.9. The molecule has 2 aliphatic rings. The van der Waals surface area contributed by atoms with Crippen LogP contribution in [-0.2, 0) is 27.4 Å². The molecule has 3 aromatic rings. The molecular weight excluding hydrogens is 374 g/mol. The molecule has 2 N–H and O–H groups in total. The number of fused-ring (bicyclic) bond motifs is 1. The average molecular weight is 403 g/mol. The summed E-state index contributed by atoms with van der Waals surface area (Å²) in [5.41, 5.74) is 5.00. The van der Waals surface area contributed by atoms with Crippen LogP contribution < -0.4 is 5.32 Å². The fourth-order valence-electron chi connectivity index (χ4n) is 4.37. The van der Waals surface area contributed by atoms with Crippen molar-refractivity contribution in [3.05, 3.63) is 96.1 Å². The van der Waals surface area contributed by atoms with Crippen molar-refractivity contribution in [2.75, 3.05) is 13.2 Å². The van der Waals surface area contributed by atoms with Gasteiger partial charge in [-0.25, -0.2) is 0 Å². The van der Waals surface area contributed by atoms with Gasteiger partial charge in [-0.2, -0.15) is 0 Å². The van der Waals surface area contributed by atoms with Crippen LogP contribution in [0.2, 0.25) is 0 Å². The molecule has 0 saturated carbocycles. The van der Waals surface area contributed by atoms with Crippen LogP contribution in [0, 0.1) is 0 Å². The van der Waals surface area contributed by atoms with Crippen LogP contribution in [0.15, 0.2) is 84.9 Å². The van der Waals surface area contributed by atoms with Crippen molar-refractivity contribution in [3.8, 4) is 11.1 Å². The smallest absolute Gasteiger partial charge is 0.140 e. The lowest BCUT2D eigenvalue weighted by molar-refractivity contribution is -0.707. The first-order valence-electron chi connectivity index (χ1n) is 10.7. The maximum atomic E-state index is 6.11. The molecule has 0 aromatic heterocycles. The number of benzene rings is 3. The number of rotatable bonds is 7. The Morgan fingerprint density at radius 1 is 0.700 bits per heavy atom. The van der Waals surface area contributed by atoms with Gasteiger partial charge in [-0.15, -0.1) is 0 Å². The summed E-state index contributed by atoms with van der Waals surface area (Å²) in [6.45, 7) is 2.84. The van der Waals surface area contributed by atoms with E-state index >= 15 is 0 Å². The summed E-state index contributed by atoms with van der Waals surface area (Å²) >= 11 is 0. The van der Waals surface area contributed by atoms with Gasteiger partial charge in [0.15, 0.2) is 0 Å². The summed E-state index contributed by atoms with van der Waals surface area (Å²) in [7, 11) is 0. The highest BCUT2D eigenvalue weighted by atomic mass is 16.6. The second-order valence-corrected chi connectivity index (χ2v) is 8.10. The molecule has 0 radical (unpaired) electrons. The zero-order valence-corrected chi connectivity index (χ0v) is 17.0. The van der Waals surface area contributed by atoms with Crippen LogP contribution in [0.4, 0.5) is 0 Å². The average Bonchev–Trinajstić information content (AvgIpc) is 3.40. The lowest BCUT2D eigenvalue weighted by Gasteiger charge is -2.16. The molecule has 2 saturated heterocycles. The molecule has 0 spiro atoms. The van der Waals surface area contributed by atoms with Gasteiger partial charge in [0.2, 0.25) is 0 Å². The van der Waals surface area contributed by atoms with E-state index in [2.05, 4.69) is 66.0 Å². The number of hydrogen-bond donors (Lipinski definition) is 1. The second-order valence-electron chi connectivity index (χ2n) is 8.10. The van der Waals surface area contributed by atoms with E-state index < -0.39 is 0 Å². The van der Waals surface area contributed by atoms with Gasteiger partial charge in [0.25, 0.3) is 0 Å². The molecule has 5 rings (SSSR count). The van der Waals surface area contributed by atoms with Gasteiger partial charge in [0, 0.05) is 5.56 Å². The minimum Gasteiger partial charge on any atom is -0.368 e. The van der Waals surface area contributed by atoms with E-state index in [4.69, 9.17) is 14.2 Å². The van der Waals surface area contributed by atoms with Crippen LogP contribution in [0.25, 0.3) is 11.1 Å². The predicted octanol–water partition coefficient (Wildman–Crippen LogP) is 3.17. The van der Waals surface area contributed by atoms with Crippen molar-refractivity contribution in [2.45, 2.75) is 37.5 Å². The third-order valence-corrected chi connectivity index (χ3v) is 6.07. The molecule has 2 fully saturated rings. The Morgan fingerprint density at radius 2 is 1.37 bits per heavy atom. The normalized spacial score (nSPS) is 25.3. The minimum absolute atomic E-state index is 0.0127. The van der Waals surface area contributed by atoms with E-state index in [0.29, 0.717) is 25.9 Å². The molecule has 2 heterocycles. The van der Waals surface area contributed by atoms with E-state index in [1.54, 1.807) is 0 Å². The fraction of sp³-hybridized carbons (Fsp3) is 0.308. The molecule has 3 aromatic carbocycles. The highest BCUT2D eigenvalue weighted by Gasteiger charge is 2.50. The predicted molar refractivity (Wildman–Crippen MR) is 116 cm³/mol. The van der Waals surface area contributed by atoms with Crippen LogP contribution in [0.1, 0.15) is 11.1 Å². The highest BCUT2D eigenvalue weighted by Crippen LogP contribution is 2.28. The van der Waals surface area contributed by atoms with Crippen LogP contribution >= 0.6 is 0 Å². The van der Waals surface area contributed by atoms with Crippen LogP contribution in [0.5, 0.6) is 0 Å². The van der Waals surface area contributed by atoms with Crippen molar-refractivity contribution in [2.24, 2.45) is 0 Å². The first kappa shape index (κ1) is 19.5. The van der Waals surface area contributed by atoms with Gasteiger partial charge < -0.3 is 19.5 Å². The van der Waals surface area contributed by atoms with E-state index in [1.807, 2.05) is 24.3 Å². The molecule has 0 aliphatic carbocycles. The fourth-order valence-corrected chi connectivity index (χ4v) is 4.37. The highest BCUT2D eigenvalue weighted by molar-refractivity contribution is 5.63. The Balaban J connectivity index is 1.13. The molecular formula is C26H28NO3+. The first-order valence-corrected chi connectivity index (χ1v) is 10.7. The Bertz CT molecular complexity index is 930. The number of quaternary nitrogens is 1. The van der Waals surface area contributed by atoms with E-state index in [1.165, 1.54) is 22.3 Å². The summed E-state index contributed by atoms with van der Waals surface area (Å²) < 4.78 is 18.3. The Morgan fingerprint density at radius 3 is 2.13 bits per heavy atom. The molecule has 4 heteroatoms. The Labute approximate surface area is 177 Å². The molecule has 30 heavy (non-hydrogen) atoms. The SMILES string of the molecule is c1ccc(CO[C@@H]2CO[C@H]3[C@@H]2OC[C@@H]3[NH2+]Cc2ccc(-c3ccccc3)cc2)cc1. The molecule has 4 nitrogen and oxygen atoms in total. The number of ether oxygens (including phenoxy) is 3. The van der Waals surface area contributed by atoms with E-state index in [9.17, 15) is 0 Å². The summed E-state index contributed by atoms with van der Waals surface area (Å²) in [6.07, 6.45) is 0.156. The topological polar surface area (TPSA) is 44.3 Å². The van der Waals surface area contributed by atoms with Crippen molar-refractivity contribution in [1.82, 2.24) is 0 Å². The van der Waals surface area contributed by atoms with Gasteiger partial charge in [-0.05, 0) is 16.7 Å². The molecule has 4 atom stereocenters. The minimum atomic E-state index is 0.0127. The van der Waals surface area contributed by atoms with Gasteiger partial charge >= 0.3 is 0 Å². The Hall–Kier alpha value is -2.50. The molecule has 0 amide bonds. The van der Waals surface area contributed by atoms with Gasteiger partial charge in [0.05, 0.1) is 13.2 Å². The van der Waals surface area contributed by atoms with Gasteiger partial charge in [-0.3, -0.25) is 0 Å². The molecule has 154 valence electrons. The largest absolute Gasteiger partial charge is 0.368 e. The lowest BCUT2D eigenvalue weighted by Crippen LogP contribution is -2.91. The van der Waals surface area contributed by atoms with Crippen molar-refractivity contribution in [3.63, 3.8) is 0 Å².